The number of carbonyl (C=O) groups excluding carboxylic acids is 1. The first kappa shape index (κ1) is 19.9. The van der Waals surface area contributed by atoms with Crippen molar-refractivity contribution in [2.75, 3.05) is 17.1 Å². The van der Waals surface area contributed by atoms with E-state index in [9.17, 15) is 13.2 Å². The molecule has 0 radical (unpaired) electrons. The van der Waals surface area contributed by atoms with E-state index in [-0.39, 0.29) is 4.90 Å². The summed E-state index contributed by atoms with van der Waals surface area (Å²) in [4.78, 5) is 12.4. The summed E-state index contributed by atoms with van der Waals surface area (Å²) < 4.78 is 33.1. The summed E-state index contributed by atoms with van der Waals surface area (Å²) >= 11 is 0. The number of carbonyl (C=O) groups is 1. The molecule has 0 aliphatic heterocycles. The van der Waals surface area contributed by atoms with Crippen molar-refractivity contribution in [1.29, 1.82) is 5.26 Å². The van der Waals surface area contributed by atoms with Gasteiger partial charge in [0.25, 0.3) is 15.9 Å². The van der Waals surface area contributed by atoms with E-state index in [0.717, 1.165) is 0 Å². The molecule has 8 heteroatoms. The van der Waals surface area contributed by atoms with Crippen LogP contribution in [0.3, 0.4) is 0 Å². The molecule has 29 heavy (non-hydrogen) atoms. The predicted octanol–water partition coefficient (Wildman–Crippen LogP) is 3.62. The van der Waals surface area contributed by atoms with Gasteiger partial charge in [-0.2, -0.15) is 5.26 Å². The minimum Gasteiger partial charge on any atom is -0.495 e. The molecule has 0 aliphatic carbocycles. The van der Waals surface area contributed by atoms with Crippen molar-refractivity contribution in [3.8, 4) is 11.8 Å². The molecule has 0 saturated carbocycles. The first-order valence-electron chi connectivity index (χ1n) is 8.50. The Morgan fingerprint density at radius 1 is 1.00 bits per heavy atom. The van der Waals surface area contributed by atoms with Crippen molar-refractivity contribution in [2.45, 2.75) is 4.90 Å². The van der Waals surface area contributed by atoms with E-state index in [0.29, 0.717) is 28.3 Å². The van der Waals surface area contributed by atoms with Gasteiger partial charge >= 0.3 is 0 Å². The van der Waals surface area contributed by atoms with E-state index in [2.05, 4.69) is 10.0 Å². The van der Waals surface area contributed by atoms with Gasteiger partial charge in [0, 0.05) is 11.3 Å². The maximum Gasteiger partial charge on any atom is 0.262 e. The molecule has 3 aromatic carbocycles. The van der Waals surface area contributed by atoms with Gasteiger partial charge in [-0.1, -0.05) is 24.3 Å². The molecule has 0 heterocycles. The molecule has 0 saturated heterocycles. The molecule has 0 aliphatic rings. The van der Waals surface area contributed by atoms with Gasteiger partial charge < -0.3 is 10.1 Å². The highest BCUT2D eigenvalue weighted by Crippen LogP contribution is 2.27. The Labute approximate surface area is 168 Å². The second kappa shape index (κ2) is 8.46. The predicted molar refractivity (Wildman–Crippen MR) is 109 cm³/mol. The minimum atomic E-state index is -3.90. The van der Waals surface area contributed by atoms with Crippen molar-refractivity contribution in [3.63, 3.8) is 0 Å². The van der Waals surface area contributed by atoms with Crippen LogP contribution in [0.25, 0.3) is 0 Å². The number of nitrogens with one attached hydrogen (secondary N) is 2. The molecule has 3 aromatic rings. The first-order chi connectivity index (χ1) is 13.9. The van der Waals surface area contributed by atoms with Gasteiger partial charge in [-0.05, 0) is 48.5 Å². The molecule has 1 amide bonds. The quantitative estimate of drug-likeness (QED) is 0.649. The van der Waals surface area contributed by atoms with Crippen LogP contribution in [-0.4, -0.2) is 21.4 Å². The van der Waals surface area contributed by atoms with Gasteiger partial charge in [-0.25, -0.2) is 8.42 Å². The highest BCUT2D eigenvalue weighted by Gasteiger charge is 2.17. The lowest BCUT2D eigenvalue weighted by molar-refractivity contribution is 0.102. The second-order valence-electron chi connectivity index (χ2n) is 5.98. The molecular formula is C21H17N3O4S. The van der Waals surface area contributed by atoms with Crippen LogP contribution in [0.1, 0.15) is 15.9 Å². The number of nitriles is 1. The van der Waals surface area contributed by atoms with Gasteiger partial charge in [0.2, 0.25) is 0 Å². The van der Waals surface area contributed by atoms with Gasteiger partial charge in [-0.15, -0.1) is 0 Å². The average Bonchev–Trinajstić information content (AvgIpc) is 2.74. The number of hydrogen-bond donors (Lipinski definition) is 2. The average molecular weight is 407 g/mol. The Balaban J connectivity index is 1.83. The summed E-state index contributed by atoms with van der Waals surface area (Å²) in [5.74, 6) is -0.0627. The Morgan fingerprint density at radius 3 is 2.52 bits per heavy atom. The van der Waals surface area contributed by atoms with Crippen LogP contribution >= 0.6 is 0 Å². The zero-order chi connectivity index (χ0) is 20.9. The molecule has 0 unspecified atom stereocenters. The summed E-state index contributed by atoms with van der Waals surface area (Å²) in [7, 11) is -2.45. The number of anilines is 2. The zero-order valence-corrected chi connectivity index (χ0v) is 16.2. The number of amides is 1. The Bertz CT molecular complexity index is 1200. The number of rotatable bonds is 6. The summed E-state index contributed by atoms with van der Waals surface area (Å²) in [6, 6.07) is 20.7. The van der Waals surface area contributed by atoms with Gasteiger partial charge in [-0.3, -0.25) is 9.52 Å². The van der Waals surface area contributed by atoms with Crippen molar-refractivity contribution in [3.05, 3.63) is 83.9 Å². The third kappa shape index (κ3) is 4.72. The first-order valence-corrected chi connectivity index (χ1v) is 9.98. The molecule has 0 fully saturated rings. The maximum absolute atomic E-state index is 12.7. The molecule has 0 aromatic heterocycles. The fourth-order valence-corrected chi connectivity index (χ4v) is 3.72. The van der Waals surface area contributed by atoms with Crippen molar-refractivity contribution < 1.29 is 17.9 Å². The molecule has 0 spiro atoms. The standard InChI is InChI=1S/C21H17N3O4S/c1-28-20-11-3-2-10-19(20)24-29(26,27)18-9-5-8-17(13-18)23-21(25)16-7-4-6-15(12-16)14-22/h2-13,24H,1H3,(H,23,25). The van der Waals surface area contributed by atoms with Gasteiger partial charge in [0.1, 0.15) is 5.75 Å². The largest absolute Gasteiger partial charge is 0.495 e. The van der Waals surface area contributed by atoms with E-state index < -0.39 is 15.9 Å². The number of sulfonamides is 1. The number of methoxy groups -OCH3 is 1. The van der Waals surface area contributed by atoms with E-state index in [4.69, 9.17) is 10.00 Å². The van der Waals surface area contributed by atoms with Crippen LogP contribution in [0.5, 0.6) is 5.75 Å². The van der Waals surface area contributed by atoms with Crippen molar-refractivity contribution in [1.82, 2.24) is 0 Å². The molecule has 146 valence electrons. The lowest BCUT2D eigenvalue weighted by Crippen LogP contribution is -2.15. The van der Waals surface area contributed by atoms with Crippen LogP contribution in [0, 0.1) is 11.3 Å². The highest BCUT2D eigenvalue weighted by molar-refractivity contribution is 7.92. The summed E-state index contributed by atoms with van der Waals surface area (Å²) in [5.41, 5.74) is 1.26. The molecule has 2 N–H and O–H groups in total. The molecular weight excluding hydrogens is 390 g/mol. The number of para-hydroxylation sites is 2. The lowest BCUT2D eigenvalue weighted by Gasteiger charge is -2.12. The Hall–Kier alpha value is -3.83. The molecule has 7 nitrogen and oxygen atoms in total. The Kier molecular flexibility index (Phi) is 5.81. The smallest absolute Gasteiger partial charge is 0.262 e. The normalized spacial score (nSPS) is 10.6. The van der Waals surface area contributed by atoms with Crippen LogP contribution in [0.4, 0.5) is 11.4 Å². The SMILES string of the molecule is COc1ccccc1NS(=O)(=O)c1cccc(NC(=O)c2cccc(C#N)c2)c1. The Morgan fingerprint density at radius 2 is 1.76 bits per heavy atom. The maximum atomic E-state index is 12.7. The van der Waals surface area contributed by atoms with Crippen LogP contribution < -0.4 is 14.8 Å². The monoisotopic (exact) mass is 407 g/mol. The molecule has 3 rings (SSSR count). The van der Waals surface area contributed by atoms with Crippen LogP contribution in [0.15, 0.2) is 77.7 Å². The van der Waals surface area contributed by atoms with Gasteiger partial charge in [0.15, 0.2) is 0 Å². The summed E-state index contributed by atoms with van der Waals surface area (Å²) in [5, 5.41) is 11.6. The van der Waals surface area contributed by atoms with E-state index in [1.165, 1.54) is 31.4 Å². The number of benzene rings is 3. The minimum absolute atomic E-state index is 0.0213. The number of ether oxygens (including phenoxy) is 1. The van der Waals surface area contributed by atoms with Crippen LogP contribution in [0.2, 0.25) is 0 Å². The molecule has 0 atom stereocenters. The summed E-state index contributed by atoms with van der Waals surface area (Å²) in [6.07, 6.45) is 0. The number of hydrogen-bond acceptors (Lipinski definition) is 5. The van der Waals surface area contributed by atoms with E-state index >= 15 is 0 Å². The lowest BCUT2D eigenvalue weighted by atomic mass is 10.1. The third-order valence-corrected chi connectivity index (χ3v) is 5.37. The van der Waals surface area contributed by atoms with Crippen molar-refractivity contribution in [2.24, 2.45) is 0 Å². The fourth-order valence-electron chi connectivity index (χ4n) is 2.61. The number of nitrogens with zero attached hydrogens (tertiary/aromatic N) is 1. The zero-order valence-electron chi connectivity index (χ0n) is 15.4. The van der Waals surface area contributed by atoms with E-state index in [1.54, 1.807) is 48.5 Å². The fraction of sp³-hybridized carbons (Fsp3) is 0.0476. The summed E-state index contributed by atoms with van der Waals surface area (Å²) in [6.45, 7) is 0. The van der Waals surface area contributed by atoms with Crippen LogP contribution in [-0.2, 0) is 10.0 Å². The molecule has 0 bridgehead atoms. The highest BCUT2D eigenvalue weighted by atomic mass is 32.2. The van der Waals surface area contributed by atoms with Gasteiger partial charge in [0.05, 0.1) is 29.3 Å². The topological polar surface area (TPSA) is 108 Å². The van der Waals surface area contributed by atoms with E-state index in [1.807, 2.05) is 6.07 Å². The van der Waals surface area contributed by atoms with Crippen molar-refractivity contribution >= 4 is 27.3 Å². The third-order valence-electron chi connectivity index (χ3n) is 4.01. The second-order valence-corrected chi connectivity index (χ2v) is 7.66.